The van der Waals surface area contributed by atoms with Gasteiger partial charge in [-0.3, -0.25) is 24.8 Å². The molecule has 0 spiro atoms. The molecule has 0 bridgehead atoms. The van der Waals surface area contributed by atoms with Crippen LogP contribution in [0.3, 0.4) is 0 Å². The van der Waals surface area contributed by atoms with Gasteiger partial charge in [0.25, 0.3) is 11.8 Å². The number of nitrogens with one attached hydrogen (secondary N) is 2. The van der Waals surface area contributed by atoms with Crippen molar-refractivity contribution in [2.75, 3.05) is 4.90 Å². The number of carbonyl (C=O) groups is 3. The van der Waals surface area contributed by atoms with E-state index >= 15 is 0 Å². The third-order valence-corrected chi connectivity index (χ3v) is 4.45. The lowest BCUT2D eigenvalue weighted by atomic mass is 10.2. The Morgan fingerprint density at radius 2 is 1.85 bits per heavy atom. The molecule has 1 aromatic heterocycles. The smallest absolute Gasteiger partial charge is 0.266 e. The molecule has 2 N–H and O–H groups in total. The van der Waals surface area contributed by atoms with Crippen molar-refractivity contribution in [3.63, 3.8) is 0 Å². The number of rotatable bonds is 4. The zero-order valence-electron chi connectivity index (χ0n) is 13.0. The number of nitrogens with zero attached hydrogens (tertiary/aromatic N) is 2. The van der Waals surface area contributed by atoms with Crippen molar-refractivity contribution in [3.8, 4) is 0 Å². The normalized spacial score (nSPS) is 16.9. The molecular weight excluding hydrogens is 447 g/mol. The summed E-state index contributed by atoms with van der Waals surface area (Å²) in [6.45, 7) is 0. The van der Waals surface area contributed by atoms with E-state index in [1.165, 1.54) is 30.6 Å². The van der Waals surface area contributed by atoms with Gasteiger partial charge in [0.05, 0.1) is 17.7 Å². The molecule has 1 unspecified atom stereocenters. The van der Waals surface area contributed by atoms with Crippen LogP contribution >= 0.6 is 39.1 Å². The minimum atomic E-state index is -0.899. The standard InChI is InChI=1S/C16H11BrCl2N4O3/c17-9-1-8(6-20-7-9)15(25)22-21-13-5-14(24)23(16(13)26)12-3-10(18)2-11(19)4-12/h1-4,6-7,13,21H,5H2,(H,22,25). The first kappa shape index (κ1) is 18.8. The maximum absolute atomic E-state index is 12.5. The van der Waals surface area contributed by atoms with Gasteiger partial charge in [-0.05, 0) is 40.2 Å². The zero-order chi connectivity index (χ0) is 18.8. The van der Waals surface area contributed by atoms with E-state index in [-0.39, 0.29) is 12.1 Å². The van der Waals surface area contributed by atoms with Crippen LogP contribution in [0, 0.1) is 0 Å². The molecule has 134 valence electrons. The summed E-state index contributed by atoms with van der Waals surface area (Å²) in [7, 11) is 0. The number of amides is 3. The van der Waals surface area contributed by atoms with Gasteiger partial charge in [-0.25, -0.2) is 10.3 Å². The molecule has 3 rings (SSSR count). The van der Waals surface area contributed by atoms with Crippen LogP contribution in [0.2, 0.25) is 10.0 Å². The number of hydrogen-bond acceptors (Lipinski definition) is 5. The van der Waals surface area contributed by atoms with Crippen molar-refractivity contribution in [1.82, 2.24) is 15.8 Å². The van der Waals surface area contributed by atoms with Crippen molar-refractivity contribution in [2.45, 2.75) is 12.5 Å². The van der Waals surface area contributed by atoms with E-state index in [1.807, 2.05) is 0 Å². The van der Waals surface area contributed by atoms with Gasteiger partial charge < -0.3 is 0 Å². The molecule has 10 heteroatoms. The third kappa shape index (κ3) is 4.04. The quantitative estimate of drug-likeness (QED) is 0.544. The SMILES string of the molecule is O=C(NNC1CC(=O)N(c2cc(Cl)cc(Cl)c2)C1=O)c1cncc(Br)c1. The topological polar surface area (TPSA) is 91.4 Å². The van der Waals surface area contributed by atoms with Gasteiger partial charge in [-0.15, -0.1) is 0 Å². The summed E-state index contributed by atoms with van der Waals surface area (Å²) in [4.78, 5) is 41.7. The van der Waals surface area contributed by atoms with E-state index < -0.39 is 23.8 Å². The van der Waals surface area contributed by atoms with Crippen LogP contribution in [-0.2, 0) is 9.59 Å². The molecule has 1 aliphatic heterocycles. The van der Waals surface area contributed by atoms with E-state index in [0.29, 0.717) is 20.1 Å². The van der Waals surface area contributed by atoms with E-state index in [1.54, 1.807) is 6.07 Å². The van der Waals surface area contributed by atoms with Gasteiger partial charge in [0.1, 0.15) is 6.04 Å². The summed E-state index contributed by atoms with van der Waals surface area (Å²) < 4.78 is 0.640. The fourth-order valence-electron chi connectivity index (χ4n) is 2.45. The Bertz CT molecular complexity index is 889. The number of imide groups is 1. The largest absolute Gasteiger partial charge is 0.287 e. The Kier molecular flexibility index (Phi) is 5.57. The Morgan fingerprint density at radius 3 is 2.50 bits per heavy atom. The highest BCUT2D eigenvalue weighted by molar-refractivity contribution is 9.10. The fraction of sp³-hybridized carbons (Fsp3) is 0.125. The van der Waals surface area contributed by atoms with Crippen LogP contribution in [-0.4, -0.2) is 28.7 Å². The molecule has 7 nitrogen and oxygen atoms in total. The van der Waals surface area contributed by atoms with Crippen LogP contribution in [0.25, 0.3) is 0 Å². The van der Waals surface area contributed by atoms with Crippen molar-refractivity contribution in [2.24, 2.45) is 0 Å². The zero-order valence-corrected chi connectivity index (χ0v) is 16.1. The van der Waals surface area contributed by atoms with Gasteiger partial charge >= 0.3 is 0 Å². The van der Waals surface area contributed by atoms with E-state index in [0.717, 1.165) is 4.90 Å². The monoisotopic (exact) mass is 456 g/mol. The van der Waals surface area contributed by atoms with Crippen LogP contribution in [0.4, 0.5) is 5.69 Å². The van der Waals surface area contributed by atoms with Crippen LogP contribution in [0.5, 0.6) is 0 Å². The number of halogens is 3. The fourth-order valence-corrected chi connectivity index (χ4v) is 3.32. The molecule has 3 amide bonds. The molecular formula is C16H11BrCl2N4O3. The molecule has 1 fully saturated rings. The molecule has 1 aromatic carbocycles. The molecule has 1 aliphatic rings. The van der Waals surface area contributed by atoms with Crippen molar-refractivity contribution < 1.29 is 14.4 Å². The third-order valence-electron chi connectivity index (χ3n) is 3.58. The second-order valence-electron chi connectivity index (χ2n) is 5.44. The molecule has 1 saturated heterocycles. The van der Waals surface area contributed by atoms with E-state index in [9.17, 15) is 14.4 Å². The average molecular weight is 458 g/mol. The molecule has 0 radical (unpaired) electrons. The van der Waals surface area contributed by atoms with Crippen LogP contribution in [0.15, 0.2) is 41.1 Å². The highest BCUT2D eigenvalue weighted by Crippen LogP contribution is 2.29. The lowest BCUT2D eigenvalue weighted by Crippen LogP contribution is -2.48. The van der Waals surface area contributed by atoms with Gasteiger partial charge in [0.15, 0.2) is 0 Å². The Labute approximate surface area is 166 Å². The summed E-state index contributed by atoms with van der Waals surface area (Å²) in [6, 6.07) is 5.12. The summed E-state index contributed by atoms with van der Waals surface area (Å²) in [6.07, 6.45) is 2.81. The maximum atomic E-state index is 12.5. The molecule has 2 heterocycles. The number of carbonyl (C=O) groups excluding carboxylic acids is 3. The van der Waals surface area contributed by atoms with Gasteiger partial charge in [-0.1, -0.05) is 23.2 Å². The van der Waals surface area contributed by atoms with Gasteiger partial charge in [-0.2, -0.15) is 0 Å². The van der Waals surface area contributed by atoms with E-state index in [2.05, 4.69) is 31.8 Å². The second kappa shape index (κ2) is 7.71. The minimum absolute atomic E-state index is 0.111. The number of hydrogen-bond donors (Lipinski definition) is 2. The lowest BCUT2D eigenvalue weighted by Gasteiger charge is -2.16. The molecule has 2 aromatic rings. The molecule has 1 atom stereocenters. The van der Waals surface area contributed by atoms with Crippen molar-refractivity contribution >= 4 is 62.5 Å². The van der Waals surface area contributed by atoms with Crippen molar-refractivity contribution in [1.29, 1.82) is 0 Å². The first-order chi connectivity index (χ1) is 12.3. The predicted molar refractivity (Wildman–Crippen MR) is 99.9 cm³/mol. The molecule has 0 aliphatic carbocycles. The number of pyridine rings is 1. The highest BCUT2D eigenvalue weighted by atomic mass is 79.9. The summed E-state index contributed by atoms with van der Waals surface area (Å²) in [5.74, 6) is -1.42. The number of benzene rings is 1. The summed E-state index contributed by atoms with van der Waals surface area (Å²) in [5.41, 5.74) is 5.58. The van der Waals surface area contributed by atoms with Gasteiger partial charge in [0, 0.05) is 26.9 Å². The first-order valence-corrected chi connectivity index (χ1v) is 8.89. The predicted octanol–water partition coefficient (Wildman–Crippen LogP) is 2.72. The Balaban J connectivity index is 1.70. The van der Waals surface area contributed by atoms with Crippen LogP contribution in [0.1, 0.15) is 16.8 Å². The van der Waals surface area contributed by atoms with Crippen molar-refractivity contribution in [3.05, 3.63) is 56.7 Å². The number of hydrazine groups is 1. The van der Waals surface area contributed by atoms with E-state index in [4.69, 9.17) is 23.2 Å². The average Bonchev–Trinajstić information content (AvgIpc) is 2.85. The number of anilines is 1. The maximum Gasteiger partial charge on any atom is 0.266 e. The molecule has 0 saturated carbocycles. The second-order valence-corrected chi connectivity index (χ2v) is 7.23. The van der Waals surface area contributed by atoms with Gasteiger partial charge in [0.2, 0.25) is 5.91 Å². The molecule has 26 heavy (non-hydrogen) atoms. The van der Waals surface area contributed by atoms with Crippen LogP contribution < -0.4 is 15.8 Å². The summed E-state index contributed by atoms with van der Waals surface area (Å²) in [5, 5.41) is 0.611. The first-order valence-electron chi connectivity index (χ1n) is 7.34. The lowest BCUT2D eigenvalue weighted by molar-refractivity contribution is -0.121. The minimum Gasteiger partial charge on any atom is -0.287 e. The highest BCUT2D eigenvalue weighted by Gasteiger charge is 2.40. The Morgan fingerprint density at radius 1 is 1.15 bits per heavy atom. The number of aromatic nitrogens is 1. The summed E-state index contributed by atoms with van der Waals surface area (Å²) >= 11 is 15.1. The Hall–Kier alpha value is -2.00.